The van der Waals surface area contributed by atoms with Gasteiger partial charge >= 0.3 is 5.97 Å². The molecule has 0 atom stereocenters. The van der Waals surface area contributed by atoms with Gasteiger partial charge in [-0.1, -0.05) is 18.2 Å². The van der Waals surface area contributed by atoms with Crippen molar-refractivity contribution in [1.29, 1.82) is 0 Å². The monoisotopic (exact) mass is 281 g/mol. The number of nitrogens with one attached hydrogen (secondary N) is 1. The summed E-state index contributed by atoms with van der Waals surface area (Å²) in [5.74, 6) is -0.101. The summed E-state index contributed by atoms with van der Waals surface area (Å²) in [5, 5.41) is 9.97. The number of H-pyrrole nitrogens is 1. The third-order valence-corrected chi connectivity index (χ3v) is 3.40. The molecule has 0 saturated carbocycles. The van der Waals surface area contributed by atoms with Crippen LogP contribution in [-0.2, 0) is 6.61 Å². The first kappa shape index (κ1) is 13.2. The van der Waals surface area contributed by atoms with Crippen molar-refractivity contribution in [3.8, 4) is 5.75 Å². The lowest BCUT2D eigenvalue weighted by Gasteiger charge is -2.06. The van der Waals surface area contributed by atoms with Crippen LogP contribution in [0, 0.1) is 6.92 Å². The molecule has 2 aromatic carbocycles. The topological polar surface area (TPSA) is 62.3 Å². The lowest BCUT2D eigenvalue weighted by Crippen LogP contribution is -1.96. The molecule has 0 radical (unpaired) electrons. The second-order valence-corrected chi connectivity index (χ2v) is 4.98. The normalized spacial score (nSPS) is 10.7. The van der Waals surface area contributed by atoms with E-state index >= 15 is 0 Å². The molecule has 106 valence electrons. The zero-order valence-electron chi connectivity index (χ0n) is 11.6. The number of hydrogen-bond donors (Lipinski definition) is 2. The molecule has 0 aliphatic carbocycles. The van der Waals surface area contributed by atoms with E-state index in [0.717, 1.165) is 27.8 Å². The highest BCUT2D eigenvalue weighted by molar-refractivity contribution is 5.94. The molecule has 0 bridgehead atoms. The SMILES string of the molecule is Cc1cccc(OCc2c[nH]c3cc(C(=O)O)ccc23)c1. The van der Waals surface area contributed by atoms with Crippen LogP contribution in [0.25, 0.3) is 10.9 Å². The third kappa shape index (κ3) is 2.74. The highest BCUT2D eigenvalue weighted by Crippen LogP contribution is 2.22. The molecule has 1 aromatic heterocycles. The zero-order chi connectivity index (χ0) is 14.8. The molecule has 0 aliphatic rings. The van der Waals surface area contributed by atoms with Gasteiger partial charge in [0.2, 0.25) is 0 Å². The predicted molar refractivity (Wildman–Crippen MR) is 80.8 cm³/mol. The van der Waals surface area contributed by atoms with E-state index in [1.807, 2.05) is 43.5 Å². The molecule has 3 aromatic rings. The molecule has 3 rings (SSSR count). The maximum Gasteiger partial charge on any atom is 0.335 e. The molecular weight excluding hydrogens is 266 g/mol. The van der Waals surface area contributed by atoms with Crippen LogP contribution in [0.15, 0.2) is 48.7 Å². The minimum absolute atomic E-state index is 0.274. The Balaban J connectivity index is 1.83. The smallest absolute Gasteiger partial charge is 0.335 e. The first-order valence-electron chi connectivity index (χ1n) is 6.66. The summed E-state index contributed by atoms with van der Waals surface area (Å²) in [4.78, 5) is 14.0. The van der Waals surface area contributed by atoms with Gasteiger partial charge in [-0.3, -0.25) is 0 Å². The number of aromatic amines is 1. The van der Waals surface area contributed by atoms with Gasteiger partial charge in [0.05, 0.1) is 5.56 Å². The van der Waals surface area contributed by atoms with Crippen molar-refractivity contribution in [3.63, 3.8) is 0 Å². The Morgan fingerprint density at radius 3 is 2.86 bits per heavy atom. The summed E-state index contributed by atoms with van der Waals surface area (Å²) < 4.78 is 5.78. The Hall–Kier alpha value is -2.75. The Kier molecular flexibility index (Phi) is 3.36. The van der Waals surface area contributed by atoms with Crippen molar-refractivity contribution in [2.24, 2.45) is 0 Å². The molecule has 0 unspecified atom stereocenters. The second-order valence-electron chi connectivity index (χ2n) is 4.98. The van der Waals surface area contributed by atoms with E-state index in [0.29, 0.717) is 6.61 Å². The first-order chi connectivity index (χ1) is 10.1. The third-order valence-electron chi connectivity index (χ3n) is 3.40. The molecule has 0 fully saturated rings. The van der Waals surface area contributed by atoms with E-state index in [-0.39, 0.29) is 5.56 Å². The molecular formula is C17H15NO3. The zero-order valence-corrected chi connectivity index (χ0v) is 11.6. The number of fused-ring (bicyclic) bond motifs is 1. The van der Waals surface area contributed by atoms with Gasteiger partial charge in [-0.25, -0.2) is 4.79 Å². The molecule has 21 heavy (non-hydrogen) atoms. The summed E-state index contributed by atoms with van der Waals surface area (Å²) in [6.45, 7) is 2.46. The maximum absolute atomic E-state index is 11.0. The minimum Gasteiger partial charge on any atom is -0.489 e. The fourth-order valence-corrected chi connectivity index (χ4v) is 2.30. The number of benzene rings is 2. The van der Waals surface area contributed by atoms with Crippen LogP contribution < -0.4 is 4.74 Å². The number of aryl methyl sites for hydroxylation is 1. The van der Waals surface area contributed by atoms with Crippen LogP contribution in [0.4, 0.5) is 0 Å². The van der Waals surface area contributed by atoms with Crippen molar-refractivity contribution in [2.75, 3.05) is 0 Å². The largest absolute Gasteiger partial charge is 0.489 e. The fourth-order valence-electron chi connectivity index (χ4n) is 2.30. The van der Waals surface area contributed by atoms with Crippen LogP contribution in [0.1, 0.15) is 21.5 Å². The minimum atomic E-state index is -0.927. The maximum atomic E-state index is 11.0. The van der Waals surface area contributed by atoms with E-state index in [1.54, 1.807) is 12.1 Å². The Labute approximate surface area is 122 Å². The van der Waals surface area contributed by atoms with Crippen LogP contribution >= 0.6 is 0 Å². The standard InChI is InChI=1S/C17H15NO3/c1-11-3-2-4-14(7-11)21-10-13-9-18-16-8-12(17(19)20)5-6-15(13)16/h2-9,18H,10H2,1H3,(H,19,20). The van der Waals surface area contributed by atoms with Gasteiger partial charge in [0.15, 0.2) is 0 Å². The van der Waals surface area contributed by atoms with E-state index in [4.69, 9.17) is 9.84 Å². The van der Waals surface area contributed by atoms with Crippen LogP contribution in [-0.4, -0.2) is 16.1 Å². The highest BCUT2D eigenvalue weighted by Gasteiger charge is 2.08. The first-order valence-corrected chi connectivity index (χ1v) is 6.66. The number of ether oxygens (including phenoxy) is 1. The summed E-state index contributed by atoms with van der Waals surface area (Å²) in [6, 6.07) is 12.9. The van der Waals surface area contributed by atoms with Crippen molar-refractivity contribution < 1.29 is 14.6 Å². The van der Waals surface area contributed by atoms with Crippen molar-refractivity contribution in [3.05, 3.63) is 65.4 Å². The number of aromatic nitrogens is 1. The van der Waals surface area contributed by atoms with Gasteiger partial charge in [-0.15, -0.1) is 0 Å². The summed E-state index contributed by atoms with van der Waals surface area (Å²) in [5.41, 5.74) is 3.23. The number of carboxylic acids is 1. The number of aromatic carboxylic acids is 1. The number of carbonyl (C=O) groups is 1. The summed E-state index contributed by atoms with van der Waals surface area (Å²) in [7, 11) is 0. The van der Waals surface area contributed by atoms with E-state index in [2.05, 4.69) is 4.98 Å². The van der Waals surface area contributed by atoms with Gasteiger partial charge in [-0.05, 0) is 36.8 Å². The number of hydrogen-bond acceptors (Lipinski definition) is 2. The van der Waals surface area contributed by atoms with Gasteiger partial charge < -0.3 is 14.8 Å². The van der Waals surface area contributed by atoms with Crippen LogP contribution in [0.3, 0.4) is 0 Å². The van der Waals surface area contributed by atoms with Crippen LogP contribution in [0.5, 0.6) is 5.75 Å². The van der Waals surface area contributed by atoms with Gasteiger partial charge in [-0.2, -0.15) is 0 Å². The average molecular weight is 281 g/mol. The lowest BCUT2D eigenvalue weighted by molar-refractivity contribution is 0.0697. The molecule has 2 N–H and O–H groups in total. The number of carboxylic acid groups (broad SMARTS) is 1. The van der Waals surface area contributed by atoms with Gasteiger partial charge in [0.1, 0.15) is 12.4 Å². The van der Waals surface area contributed by atoms with Crippen molar-refractivity contribution in [1.82, 2.24) is 4.98 Å². The average Bonchev–Trinajstić information content (AvgIpc) is 2.87. The fraction of sp³-hybridized carbons (Fsp3) is 0.118. The highest BCUT2D eigenvalue weighted by atomic mass is 16.5. The Morgan fingerprint density at radius 1 is 1.24 bits per heavy atom. The predicted octanol–water partition coefficient (Wildman–Crippen LogP) is 3.75. The molecule has 0 aliphatic heterocycles. The summed E-state index contributed by atoms with van der Waals surface area (Å²) >= 11 is 0. The van der Waals surface area contributed by atoms with Crippen molar-refractivity contribution in [2.45, 2.75) is 13.5 Å². The molecule has 1 heterocycles. The van der Waals surface area contributed by atoms with E-state index in [1.165, 1.54) is 0 Å². The van der Waals surface area contributed by atoms with Gasteiger partial charge in [0.25, 0.3) is 0 Å². The lowest BCUT2D eigenvalue weighted by atomic mass is 10.1. The quantitative estimate of drug-likeness (QED) is 0.765. The molecule has 4 heteroatoms. The van der Waals surface area contributed by atoms with Crippen LogP contribution in [0.2, 0.25) is 0 Å². The molecule has 0 saturated heterocycles. The van der Waals surface area contributed by atoms with Gasteiger partial charge in [0, 0.05) is 22.7 Å². The Morgan fingerprint density at radius 2 is 2.10 bits per heavy atom. The molecule has 4 nitrogen and oxygen atoms in total. The van der Waals surface area contributed by atoms with Crippen molar-refractivity contribution >= 4 is 16.9 Å². The molecule has 0 amide bonds. The second kappa shape index (κ2) is 5.32. The molecule has 0 spiro atoms. The Bertz CT molecular complexity index is 805. The number of rotatable bonds is 4. The summed E-state index contributed by atoms with van der Waals surface area (Å²) in [6.07, 6.45) is 1.85. The van der Waals surface area contributed by atoms with E-state index in [9.17, 15) is 4.79 Å². The van der Waals surface area contributed by atoms with E-state index < -0.39 is 5.97 Å².